The second-order valence-corrected chi connectivity index (χ2v) is 2.15. The lowest BCUT2D eigenvalue weighted by molar-refractivity contribution is -0.139. The molecule has 1 unspecified atom stereocenters. The van der Waals surface area contributed by atoms with Gasteiger partial charge in [-0.2, -0.15) is 0 Å². The molecule has 2 N–H and O–H groups in total. The van der Waals surface area contributed by atoms with E-state index in [-0.39, 0.29) is 12.8 Å². The number of carbonyl (C=O) groups is 1. The van der Waals surface area contributed by atoms with Crippen LogP contribution >= 0.6 is 0 Å². The highest BCUT2D eigenvalue weighted by Crippen LogP contribution is 2.05. The summed E-state index contributed by atoms with van der Waals surface area (Å²) in [5.41, 5.74) is 0. The van der Waals surface area contributed by atoms with E-state index in [1.807, 2.05) is 0 Å². The van der Waals surface area contributed by atoms with Crippen molar-refractivity contribution in [2.45, 2.75) is 25.3 Å². The molecule has 0 fully saturated rings. The van der Waals surface area contributed by atoms with Gasteiger partial charge in [-0.25, -0.2) is 8.78 Å². The normalized spacial score (nSPS) is 13.5. The Morgan fingerprint density at radius 2 is 2.09 bits per heavy atom. The van der Waals surface area contributed by atoms with Crippen molar-refractivity contribution in [2.75, 3.05) is 7.05 Å². The third-order valence-electron chi connectivity index (χ3n) is 1.32. The maximum absolute atomic E-state index is 11.6. The van der Waals surface area contributed by atoms with Crippen molar-refractivity contribution in [1.29, 1.82) is 0 Å². The Kier molecular flexibility index (Phi) is 4.69. The molecule has 3 nitrogen and oxygen atoms in total. The van der Waals surface area contributed by atoms with Crippen molar-refractivity contribution < 1.29 is 18.7 Å². The minimum Gasteiger partial charge on any atom is -0.480 e. The molecule has 0 aliphatic carbocycles. The number of alkyl halides is 2. The van der Waals surface area contributed by atoms with Gasteiger partial charge in [0.2, 0.25) is 6.43 Å². The zero-order valence-electron chi connectivity index (χ0n) is 6.18. The van der Waals surface area contributed by atoms with Gasteiger partial charge in [0, 0.05) is 6.42 Å². The lowest BCUT2D eigenvalue weighted by atomic mass is 10.1. The van der Waals surface area contributed by atoms with Crippen LogP contribution in [0.1, 0.15) is 12.8 Å². The third-order valence-corrected chi connectivity index (χ3v) is 1.32. The molecule has 5 heteroatoms. The largest absolute Gasteiger partial charge is 0.480 e. The maximum atomic E-state index is 11.6. The molecule has 1 atom stereocenters. The molecule has 0 rings (SSSR count). The summed E-state index contributed by atoms with van der Waals surface area (Å²) in [7, 11) is 1.43. The highest BCUT2D eigenvalue weighted by molar-refractivity contribution is 5.73. The van der Waals surface area contributed by atoms with Crippen LogP contribution in [0.2, 0.25) is 0 Å². The number of hydrogen-bond donors (Lipinski definition) is 2. The molecule has 0 saturated carbocycles. The highest BCUT2D eigenvalue weighted by Gasteiger charge is 2.16. The molecule has 11 heavy (non-hydrogen) atoms. The third kappa shape index (κ3) is 4.66. The fourth-order valence-corrected chi connectivity index (χ4v) is 0.684. The second-order valence-electron chi connectivity index (χ2n) is 2.15. The van der Waals surface area contributed by atoms with Crippen LogP contribution in [0.25, 0.3) is 0 Å². The summed E-state index contributed by atoms with van der Waals surface area (Å²) in [6, 6.07) is -0.857. The summed E-state index contributed by atoms with van der Waals surface area (Å²) in [6.07, 6.45) is -2.84. The monoisotopic (exact) mass is 167 g/mol. The number of hydrogen-bond acceptors (Lipinski definition) is 2. The summed E-state index contributed by atoms with van der Waals surface area (Å²) in [6.45, 7) is 0. The minimum atomic E-state index is -2.43. The van der Waals surface area contributed by atoms with E-state index in [0.717, 1.165) is 0 Å². The van der Waals surface area contributed by atoms with Crippen LogP contribution in [0, 0.1) is 0 Å². The standard InChI is InChI=1S/C6H11F2NO2/c1-9-4(6(10)11)2-3-5(7)8/h4-5,9H,2-3H2,1H3,(H,10,11). The lowest BCUT2D eigenvalue weighted by Crippen LogP contribution is -2.34. The first-order valence-electron chi connectivity index (χ1n) is 3.26. The molecule has 0 amide bonds. The first-order chi connectivity index (χ1) is 5.07. The fraction of sp³-hybridized carbons (Fsp3) is 0.833. The molecular formula is C6H11F2NO2. The van der Waals surface area contributed by atoms with Gasteiger partial charge in [-0.3, -0.25) is 4.79 Å². The first-order valence-corrected chi connectivity index (χ1v) is 3.26. The summed E-state index contributed by atoms with van der Waals surface area (Å²) in [4.78, 5) is 10.2. The van der Waals surface area contributed by atoms with E-state index in [4.69, 9.17) is 5.11 Å². The first kappa shape index (κ1) is 10.3. The minimum absolute atomic E-state index is 0.0382. The van der Waals surface area contributed by atoms with Crippen molar-refractivity contribution in [3.05, 3.63) is 0 Å². The van der Waals surface area contributed by atoms with Crippen LogP contribution in [-0.2, 0) is 4.79 Å². The number of carboxylic acids is 1. The summed E-state index contributed by atoms with van der Waals surface area (Å²) >= 11 is 0. The molecule has 66 valence electrons. The Morgan fingerprint density at radius 3 is 2.36 bits per heavy atom. The number of rotatable bonds is 5. The fourth-order valence-electron chi connectivity index (χ4n) is 0.684. The lowest BCUT2D eigenvalue weighted by Gasteiger charge is -2.09. The molecule has 0 spiro atoms. The van der Waals surface area contributed by atoms with Crippen molar-refractivity contribution in [3.8, 4) is 0 Å². The number of nitrogens with one attached hydrogen (secondary N) is 1. The maximum Gasteiger partial charge on any atom is 0.320 e. The van der Waals surface area contributed by atoms with E-state index in [0.29, 0.717) is 0 Å². The van der Waals surface area contributed by atoms with Crippen LogP contribution in [0.3, 0.4) is 0 Å². The van der Waals surface area contributed by atoms with E-state index in [1.165, 1.54) is 7.05 Å². The Morgan fingerprint density at radius 1 is 1.55 bits per heavy atom. The molecule has 0 aliphatic rings. The van der Waals surface area contributed by atoms with Gasteiger partial charge in [0.05, 0.1) is 0 Å². The molecular weight excluding hydrogens is 156 g/mol. The van der Waals surface area contributed by atoms with Gasteiger partial charge in [0.1, 0.15) is 6.04 Å². The summed E-state index contributed by atoms with van der Waals surface area (Å²) in [5.74, 6) is -1.09. The van der Waals surface area contributed by atoms with Gasteiger partial charge in [-0.1, -0.05) is 0 Å². The Hall–Kier alpha value is -0.710. The Balaban J connectivity index is 3.61. The van der Waals surface area contributed by atoms with E-state index < -0.39 is 18.4 Å². The van der Waals surface area contributed by atoms with Crippen LogP contribution in [0.5, 0.6) is 0 Å². The molecule has 0 aromatic carbocycles. The van der Waals surface area contributed by atoms with E-state index in [1.54, 1.807) is 0 Å². The number of likely N-dealkylation sites (N-methyl/N-ethyl adjacent to an activating group) is 1. The SMILES string of the molecule is CNC(CCC(F)F)C(=O)O. The van der Waals surface area contributed by atoms with Crippen molar-refractivity contribution in [1.82, 2.24) is 5.32 Å². The molecule has 0 saturated heterocycles. The summed E-state index contributed by atoms with van der Waals surface area (Å²) in [5, 5.41) is 10.8. The van der Waals surface area contributed by atoms with Crippen LogP contribution in [-0.4, -0.2) is 30.6 Å². The molecule has 0 aromatic heterocycles. The Labute approximate surface area is 63.4 Å². The van der Waals surface area contributed by atoms with Crippen molar-refractivity contribution in [2.24, 2.45) is 0 Å². The van der Waals surface area contributed by atoms with Crippen LogP contribution < -0.4 is 5.32 Å². The van der Waals surface area contributed by atoms with Gasteiger partial charge in [0.15, 0.2) is 0 Å². The smallest absolute Gasteiger partial charge is 0.320 e. The quantitative estimate of drug-likeness (QED) is 0.633. The summed E-state index contributed by atoms with van der Waals surface area (Å²) < 4.78 is 23.1. The van der Waals surface area contributed by atoms with E-state index in [2.05, 4.69) is 5.32 Å². The molecule has 0 bridgehead atoms. The number of halogens is 2. The van der Waals surface area contributed by atoms with Gasteiger partial charge in [-0.15, -0.1) is 0 Å². The van der Waals surface area contributed by atoms with Gasteiger partial charge in [-0.05, 0) is 13.5 Å². The number of carboxylic acid groups (broad SMARTS) is 1. The van der Waals surface area contributed by atoms with Gasteiger partial charge < -0.3 is 10.4 Å². The highest BCUT2D eigenvalue weighted by atomic mass is 19.3. The van der Waals surface area contributed by atoms with Crippen molar-refractivity contribution >= 4 is 5.97 Å². The predicted molar refractivity (Wildman–Crippen MR) is 35.7 cm³/mol. The Bertz CT molecular complexity index is 130. The molecule has 0 aliphatic heterocycles. The average molecular weight is 167 g/mol. The van der Waals surface area contributed by atoms with Crippen LogP contribution in [0.15, 0.2) is 0 Å². The predicted octanol–water partition coefficient (Wildman–Crippen LogP) is 0.704. The molecule has 0 aromatic rings. The van der Waals surface area contributed by atoms with E-state index >= 15 is 0 Å². The van der Waals surface area contributed by atoms with E-state index in [9.17, 15) is 13.6 Å². The topological polar surface area (TPSA) is 49.3 Å². The van der Waals surface area contributed by atoms with Crippen molar-refractivity contribution in [3.63, 3.8) is 0 Å². The average Bonchev–Trinajstić information content (AvgIpc) is 1.87. The number of aliphatic carboxylic acids is 1. The second kappa shape index (κ2) is 5.01. The van der Waals surface area contributed by atoms with Crippen LogP contribution in [0.4, 0.5) is 8.78 Å². The molecule has 0 radical (unpaired) electrons. The zero-order valence-corrected chi connectivity index (χ0v) is 6.18. The zero-order chi connectivity index (χ0) is 8.85. The molecule has 0 heterocycles. The van der Waals surface area contributed by atoms with Gasteiger partial charge >= 0.3 is 5.97 Å². The van der Waals surface area contributed by atoms with Gasteiger partial charge in [0.25, 0.3) is 0 Å².